The number of hydrogen-bond donors (Lipinski definition) is 1. The quantitative estimate of drug-likeness (QED) is 0.854. The van der Waals surface area contributed by atoms with E-state index in [-0.39, 0.29) is 17.6 Å². The molecule has 0 saturated carbocycles. The number of carbonyl (C=O) groups excluding carboxylic acids is 1. The fraction of sp³-hybridized carbons (Fsp3) is 0.417. The van der Waals surface area contributed by atoms with Crippen molar-refractivity contribution in [3.63, 3.8) is 0 Å². The van der Waals surface area contributed by atoms with Crippen LogP contribution in [0.5, 0.6) is 0 Å². The van der Waals surface area contributed by atoms with E-state index in [1.165, 1.54) is 0 Å². The summed E-state index contributed by atoms with van der Waals surface area (Å²) in [5.41, 5.74) is 5.95. The molecule has 0 spiro atoms. The molecule has 0 aromatic heterocycles. The van der Waals surface area contributed by atoms with Gasteiger partial charge in [0.25, 0.3) is 0 Å². The van der Waals surface area contributed by atoms with Crippen LogP contribution in [0.2, 0.25) is 0 Å². The second-order valence-electron chi connectivity index (χ2n) is 4.07. The van der Waals surface area contributed by atoms with Crippen LogP contribution in [0.1, 0.15) is 12.0 Å². The third-order valence-corrected chi connectivity index (χ3v) is 4.44. The predicted molar refractivity (Wildman–Crippen MR) is 65.0 cm³/mol. The number of carbonyl (C=O) groups is 1. The zero-order valence-electron chi connectivity index (χ0n) is 9.43. The largest absolute Gasteiger partial charge is 0.380 e. The van der Waals surface area contributed by atoms with Crippen LogP contribution in [-0.4, -0.2) is 28.6 Å². The van der Waals surface area contributed by atoms with Gasteiger partial charge in [0.05, 0.1) is 29.1 Å². The number of primary amides is 1. The Kier molecular flexibility index (Phi) is 3.91. The van der Waals surface area contributed by atoms with E-state index in [1.807, 2.05) is 0 Å². The average Bonchev–Trinajstić information content (AvgIpc) is 2.82. The van der Waals surface area contributed by atoms with Gasteiger partial charge >= 0.3 is 0 Å². The fourth-order valence-electron chi connectivity index (χ4n) is 1.82. The molecule has 4 nitrogen and oxygen atoms in total. The molecule has 1 aromatic rings. The smallest absolute Gasteiger partial charge is 0.221 e. The normalized spacial score (nSPS) is 21.3. The minimum Gasteiger partial charge on any atom is -0.380 e. The summed E-state index contributed by atoms with van der Waals surface area (Å²) < 4.78 is 17.3. The lowest BCUT2D eigenvalue weighted by molar-refractivity contribution is -0.117. The first-order valence-corrected chi connectivity index (χ1v) is 6.73. The molecule has 1 fully saturated rings. The molecule has 2 N–H and O–H groups in total. The lowest BCUT2D eigenvalue weighted by atomic mass is 10.1. The van der Waals surface area contributed by atoms with Gasteiger partial charge in [-0.05, 0) is 24.1 Å². The average molecular weight is 253 g/mol. The van der Waals surface area contributed by atoms with Gasteiger partial charge in [0.1, 0.15) is 0 Å². The van der Waals surface area contributed by atoms with Gasteiger partial charge in [-0.15, -0.1) is 0 Å². The van der Waals surface area contributed by atoms with Crippen LogP contribution in [0, 0.1) is 0 Å². The SMILES string of the molecule is NC(=O)Cc1ccc(S(=O)[C@H]2CCOC2)cc1. The summed E-state index contributed by atoms with van der Waals surface area (Å²) in [6, 6.07) is 7.20. The van der Waals surface area contributed by atoms with E-state index >= 15 is 0 Å². The van der Waals surface area contributed by atoms with E-state index in [1.54, 1.807) is 24.3 Å². The molecule has 0 bridgehead atoms. The van der Waals surface area contributed by atoms with Crippen molar-refractivity contribution < 1.29 is 13.7 Å². The van der Waals surface area contributed by atoms with E-state index in [0.717, 1.165) is 16.9 Å². The van der Waals surface area contributed by atoms with Crippen molar-refractivity contribution in [1.82, 2.24) is 0 Å². The number of hydrogen-bond acceptors (Lipinski definition) is 3. The molecule has 0 aliphatic carbocycles. The van der Waals surface area contributed by atoms with E-state index < -0.39 is 10.8 Å². The standard InChI is InChI=1S/C12H15NO3S/c13-12(14)7-9-1-3-10(4-2-9)17(15)11-5-6-16-8-11/h1-4,11H,5-8H2,(H2,13,14)/t11-,17?/m0/s1. The van der Waals surface area contributed by atoms with Gasteiger partial charge in [0.15, 0.2) is 0 Å². The summed E-state index contributed by atoms with van der Waals surface area (Å²) >= 11 is 0. The van der Waals surface area contributed by atoms with Gasteiger partial charge in [-0.2, -0.15) is 0 Å². The van der Waals surface area contributed by atoms with Gasteiger partial charge in [-0.25, -0.2) is 0 Å². The Morgan fingerprint density at radius 2 is 2.12 bits per heavy atom. The molecule has 1 aliphatic heterocycles. The Morgan fingerprint density at radius 3 is 2.65 bits per heavy atom. The lowest BCUT2D eigenvalue weighted by Gasteiger charge is -2.08. The van der Waals surface area contributed by atoms with Gasteiger partial charge in [0.2, 0.25) is 5.91 Å². The molecule has 1 heterocycles. The Morgan fingerprint density at radius 1 is 1.41 bits per heavy atom. The van der Waals surface area contributed by atoms with Crippen molar-refractivity contribution in [2.45, 2.75) is 23.0 Å². The minimum atomic E-state index is -1.02. The van der Waals surface area contributed by atoms with Gasteiger partial charge in [-0.1, -0.05) is 12.1 Å². The predicted octanol–water partition coefficient (Wildman–Crippen LogP) is 0.611. The molecule has 5 heteroatoms. The Bertz CT molecular complexity index is 424. The molecule has 92 valence electrons. The molecule has 2 rings (SSSR count). The summed E-state index contributed by atoms with van der Waals surface area (Å²) in [6.45, 7) is 1.26. The minimum absolute atomic E-state index is 0.0944. The zero-order valence-corrected chi connectivity index (χ0v) is 10.2. The molecule has 1 unspecified atom stereocenters. The maximum Gasteiger partial charge on any atom is 0.221 e. The lowest BCUT2D eigenvalue weighted by Crippen LogP contribution is -2.15. The van der Waals surface area contributed by atoms with Crippen molar-refractivity contribution >= 4 is 16.7 Å². The van der Waals surface area contributed by atoms with Crippen LogP contribution in [0.25, 0.3) is 0 Å². The highest BCUT2D eigenvalue weighted by atomic mass is 32.2. The first-order chi connectivity index (χ1) is 8.16. The van der Waals surface area contributed by atoms with Crippen LogP contribution in [0.4, 0.5) is 0 Å². The fourth-order valence-corrected chi connectivity index (χ4v) is 3.14. The first-order valence-electron chi connectivity index (χ1n) is 5.52. The van der Waals surface area contributed by atoms with Crippen molar-refractivity contribution in [2.24, 2.45) is 5.73 Å². The van der Waals surface area contributed by atoms with Crippen molar-refractivity contribution in [3.8, 4) is 0 Å². The summed E-state index contributed by atoms with van der Waals surface area (Å²) in [5.74, 6) is -0.358. The number of nitrogens with two attached hydrogens (primary N) is 1. The van der Waals surface area contributed by atoms with Gasteiger partial charge in [0, 0.05) is 11.5 Å². The molecular formula is C12H15NO3S. The van der Waals surface area contributed by atoms with E-state index in [2.05, 4.69) is 0 Å². The summed E-state index contributed by atoms with van der Waals surface area (Å²) in [5, 5.41) is 0.0944. The van der Waals surface area contributed by atoms with Crippen LogP contribution in [0.3, 0.4) is 0 Å². The third-order valence-electron chi connectivity index (χ3n) is 2.72. The highest BCUT2D eigenvalue weighted by Gasteiger charge is 2.23. The van der Waals surface area contributed by atoms with Gasteiger partial charge in [-0.3, -0.25) is 9.00 Å². The molecule has 17 heavy (non-hydrogen) atoms. The summed E-state index contributed by atoms with van der Waals surface area (Å²) in [4.78, 5) is 11.5. The number of amides is 1. The zero-order chi connectivity index (χ0) is 12.3. The second kappa shape index (κ2) is 5.42. The molecule has 1 amide bonds. The van der Waals surface area contributed by atoms with Crippen LogP contribution >= 0.6 is 0 Å². The Labute approximate surface area is 103 Å². The highest BCUT2D eigenvalue weighted by molar-refractivity contribution is 7.85. The highest BCUT2D eigenvalue weighted by Crippen LogP contribution is 2.19. The topological polar surface area (TPSA) is 69.4 Å². The Balaban J connectivity index is 2.06. The molecule has 0 radical (unpaired) electrons. The number of rotatable bonds is 4. The molecule has 2 atom stereocenters. The third kappa shape index (κ3) is 3.14. The van der Waals surface area contributed by atoms with Crippen LogP contribution in [-0.2, 0) is 26.8 Å². The maximum atomic E-state index is 12.1. The summed E-state index contributed by atoms with van der Waals surface area (Å²) in [6.07, 6.45) is 1.06. The Hall–Kier alpha value is -1.20. The van der Waals surface area contributed by atoms with E-state index in [0.29, 0.717) is 13.2 Å². The summed E-state index contributed by atoms with van der Waals surface area (Å²) in [7, 11) is -1.02. The monoisotopic (exact) mass is 253 g/mol. The molecule has 1 aromatic carbocycles. The molecule has 1 aliphatic rings. The number of ether oxygens (including phenoxy) is 1. The van der Waals surface area contributed by atoms with Gasteiger partial charge < -0.3 is 10.5 Å². The van der Waals surface area contributed by atoms with Crippen molar-refractivity contribution in [3.05, 3.63) is 29.8 Å². The van der Waals surface area contributed by atoms with E-state index in [9.17, 15) is 9.00 Å². The van der Waals surface area contributed by atoms with Crippen LogP contribution < -0.4 is 5.73 Å². The number of benzene rings is 1. The molecule has 1 saturated heterocycles. The first kappa shape index (κ1) is 12.3. The van der Waals surface area contributed by atoms with Crippen molar-refractivity contribution in [1.29, 1.82) is 0 Å². The van der Waals surface area contributed by atoms with Crippen molar-refractivity contribution in [2.75, 3.05) is 13.2 Å². The maximum absolute atomic E-state index is 12.1. The van der Waals surface area contributed by atoms with Crippen LogP contribution in [0.15, 0.2) is 29.2 Å². The second-order valence-corrected chi connectivity index (χ2v) is 5.80. The molecular weight excluding hydrogens is 238 g/mol. The van der Waals surface area contributed by atoms with E-state index in [4.69, 9.17) is 10.5 Å².